The van der Waals surface area contributed by atoms with Crippen LogP contribution in [0.15, 0.2) is 0 Å². The SMILES string of the molecule is C[Si]C.N=C=O.N=C=O. The van der Waals surface area contributed by atoms with Crippen molar-refractivity contribution in [3.63, 3.8) is 0 Å². The molecular weight excluding hydrogens is 136 g/mol. The third kappa shape index (κ3) is 165. The van der Waals surface area contributed by atoms with Crippen molar-refractivity contribution >= 4 is 21.7 Å². The summed E-state index contributed by atoms with van der Waals surface area (Å²) < 4.78 is 0. The molecule has 9 heavy (non-hydrogen) atoms. The van der Waals surface area contributed by atoms with Crippen LogP contribution < -0.4 is 0 Å². The molecule has 5 heteroatoms. The molecule has 50 valence electrons. The Bertz CT molecular complexity index is 80.7. The predicted molar refractivity (Wildman–Crippen MR) is 34.3 cm³/mol. The standard InChI is InChI=1S/C2H6Si.2CHNO/c1-3-2;2*2-1-3/h1-2H3;2*2H. The number of carbonyl (C=O) groups excluding carboxylic acids is 2. The maximum absolute atomic E-state index is 8.35. The average Bonchev–Trinajstić information content (AvgIpc) is 1.70. The number of isocyanates is 2. The number of hydrogen-bond acceptors (Lipinski definition) is 4. The maximum Gasteiger partial charge on any atom is 0.231 e. The van der Waals surface area contributed by atoms with E-state index in [-0.39, 0.29) is 0 Å². The first-order valence-corrected chi connectivity index (χ1v) is 3.91. The van der Waals surface area contributed by atoms with Gasteiger partial charge in [-0.25, -0.2) is 20.4 Å². The summed E-state index contributed by atoms with van der Waals surface area (Å²) in [7, 11) is 1.08. The molecule has 0 rings (SSSR count). The Hall–Kier alpha value is -1.02. The minimum absolute atomic E-state index is 0.750. The monoisotopic (exact) mass is 144 g/mol. The van der Waals surface area contributed by atoms with Gasteiger partial charge in [0.1, 0.15) is 0 Å². The van der Waals surface area contributed by atoms with Crippen LogP contribution in [-0.2, 0) is 9.59 Å². The highest BCUT2D eigenvalue weighted by atomic mass is 28.2. The van der Waals surface area contributed by atoms with Crippen molar-refractivity contribution in [3.05, 3.63) is 0 Å². The Morgan fingerprint density at radius 2 is 1.11 bits per heavy atom. The number of rotatable bonds is 0. The minimum atomic E-state index is 0.750. The van der Waals surface area contributed by atoms with Gasteiger partial charge in [0.25, 0.3) is 0 Å². The second-order valence-corrected chi connectivity index (χ2v) is 1.70. The molecule has 0 aliphatic rings. The quantitative estimate of drug-likeness (QED) is 0.296. The fourth-order valence-electron chi connectivity index (χ4n) is 0. The number of hydrogen-bond donors (Lipinski definition) is 2. The zero-order valence-electron chi connectivity index (χ0n) is 5.32. The lowest BCUT2D eigenvalue weighted by Crippen LogP contribution is -1.53. The van der Waals surface area contributed by atoms with E-state index in [2.05, 4.69) is 13.1 Å². The van der Waals surface area contributed by atoms with E-state index in [0.717, 1.165) is 21.7 Å². The molecule has 2 N–H and O–H groups in total. The Morgan fingerprint density at radius 1 is 1.11 bits per heavy atom. The molecule has 0 atom stereocenters. The van der Waals surface area contributed by atoms with Crippen LogP contribution in [0.2, 0.25) is 13.1 Å². The van der Waals surface area contributed by atoms with E-state index in [1.807, 2.05) is 0 Å². The average molecular weight is 144 g/mol. The van der Waals surface area contributed by atoms with Crippen molar-refractivity contribution in [1.82, 2.24) is 0 Å². The van der Waals surface area contributed by atoms with Gasteiger partial charge in [-0.15, -0.1) is 0 Å². The van der Waals surface area contributed by atoms with Gasteiger partial charge in [0.2, 0.25) is 12.2 Å². The molecule has 0 amide bonds. The highest BCUT2D eigenvalue weighted by Gasteiger charge is 1.39. The van der Waals surface area contributed by atoms with Gasteiger partial charge in [-0.2, -0.15) is 0 Å². The first-order chi connectivity index (χ1) is 4.24. The topological polar surface area (TPSA) is 81.8 Å². The van der Waals surface area contributed by atoms with Gasteiger partial charge in [-0.3, -0.25) is 0 Å². The van der Waals surface area contributed by atoms with Crippen molar-refractivity contribution in [2.45, 2.75) is 13.1 Å². The van der Waals surface area contributed by atoms with Gasteiger partial charge in [-0.1, -0.05) is 13.1 Å². The largest absolute Gasteiger partial charge is 0.231 e. The lowest BCUT2D eigenvalue weighted by molar-refractivity contribution is 0.562. The lowest BCUT2D eigenvalue weighted by atomic mass is 11.7. The van der Waals surface area contributed by atoms with Crippen molar-refractivity contribution in [2.24, 2.45) is 0 Å². The van der Waals surface area contributed by atoms with Crippen LogP contribution in [0.4, 0.5) is 0 Å². The fourth-order valence-corrected chi connectivity index (χ4v) is 0. The van der Waals surface area contributed by atoms with E-state index in [4.69, 9.17) is 20.4 Å². The van der Waals surface area contributed by atoms with Gasteiger partial charge in [0.05, 0.1) is 0 Å². The van der Waals surface area contributed by atoms with E-state index in [1.165, 1.54) is 0 Å². The second kappa shape index (κ2) is 63.8. The van der Waals surface area contributed by atoms with Gasteiger partial charge < -0.3 is 0 Å². The molecule has 0 aromatic heterocycles. The van der Waals surface area contributed by atoms with E-state index in [9.17, 15) is 0 Å². The van der Waals surface area contributed by atoms with Crippen LogP contribution in [0.3, 0.4) is 0 Å². The number of nitrogens with one attached hydrogen (secondary N) is 2. The molecule has 0 aromatic carbocycles. The van der Waals surface area contributed by atoms with Crippen LogP contribution >= 0.6 is 0 Å². The van der Waals surface area contributed by atoms with Crippen molar-refractivity contribution in [2.75, 3.05) is 0 Å². The summed E-state index contributed by atoms with van der Waals surface area (Å²) >= 11 is 0. The smallest absolute Gasteiger partial charge is 0.222 e. The molecule has 0 saturated heterocycles. The molecule has 0 bridgehead atoms. The zero-order chi connectivity index (χ0) is 8.12. The first-order valence-electron chi connectivity index (χ1n) is 1.91. The molecule has 0 aliphatic carbocycles. The van der Waals surface area contributed by atoms with Crippen LogP contribution in [-0.4, -0.2) is 21.7 Å². The molecule has 0 heterocycles. The minimum Gasteiger partial charge on any atom is -0.222 e. The highest BCUT2D eigenvalue weighted by Crippen LogP contribution is 1.36. The molecule has 4 nitrogen and oxygen atoms in total. The summed E-state index contributed by atoms with van der Waals surface area (Å²) in [6.07, 6.45) is 1.50. The van der Waals surface area contributed by atoms with E-state index in [0.29, 0.717) is 0 Å². The van der Waals surface area contributed by atoms with Gasteiger partial charge in [-0.05, 0) is 0 Å². The van der Waals surface area contributed by atoms with Crippen LogP contribution in [0, 0.1) is 10.8 Å². The van der Waals surface area contributed by atoms with E-state index >= 15 is 0 Å². The van der Waals surface area contributed by atoms with Crippen molar-refractivity contribution in [3.8, 4) is 0 Å². The summed E-state index contributed by atoms with van der Waals surface area (Å²) in [6.45, 7) is 4.31. The fraction of sp³-hybridized carbons (Fsp3) is 0.500. The summed E-state index contributed by atoms with van der Waals surface area (Å²) in [5.74, 6) is 0. The third-order valence-electron chi connectivity index (χ3n) is 0. The molecule has 0 saturated carbocycles. The summed E-state index contributed by atoms with van der Waals surface area (Å²) in [5.41, 5.74) is 0. The molecule has 0 aliphatic heterocycles. The van der Waals surface area contributed by atoms with Crippen LogP contribution in [0.5, 0.6) is 0 Å². The summed E-state index contributed by atoms with van der Waals surface area (Å²) in [4.78, 5) is 16.7. The maximum atomic E-state index is 8.35. The molecule has 0 unspecified atom stereocenters. The van der Waals surface area contributed by atoms with Gasteiger partial charge in [0, 0.05) is 9.52 Å². The molecular formula is C4H8N2O2Si. The Kier molecular flexibility index (Phi) is 111. The first kappa shape index (κ1) is 15.7. The van der Waals surface area contributed by atoms with Crippen LogP contribution in [0.25, 0.3) is 0 Å². The summed E-state index contributed by atoms with van der Waals surface area (Å²) in [6, 6.07) is 0. The lowest BCUT2D eigenvalue weighted by Gasteiger charge is -1.44. The normalized spacial score (nSPS) is 3.78. The van der Waals surface area contributed by atoms with Crippen LogP contribution in [0.1, 0.15) is 0 Å². The highest BCUT2D eigenvalue weighted by molar-refractivity contribution is 6.31. The Morgan fingerprint density at radius 3 is 1.11 bits per heavy atom. The van der Waals surface area contributed by atoms with Gasteiger partial charge in [0.15, 0.2) is 0 Å². The third-order valence-corrected chi connectivity index (χ3v) is 0. The second-order valence-electron chi connectivity index (χ2n) is 0.704. The van der Waals surface area contributed by atoms with E-state index < -0.39 is 0 Å². The van der Waals surface area contributed by atoms with Crippen molar-refractivity contribution < 1.29 is 9.59 Å². The molecule has 0 aromatic rings. The predicted octanol–water partition coefficient (Wildman–Crippen LogP) is 0.589. The summed E-state index contributed by atoms with van der Waals surface area (Å²) in [5, 5.41) is 10.8. The molecule has 0 spiro atoms. The molecule has 2 radical (unpaired) electrons. The molecule has 0 fully saturated rings. The zero-order valence-corrected chi connectivity index (χ0v) is 6.32. The van der Waals surface area contributed by atoms with Crippen molar-refractivity contribution in [1.29, 1.82) is 10.8 Å². The van der Waals surface area contributed by atoms with Gasteiger partial charge >= 0.3 is 0 Å². The van der Waals surface area contributed by atoms with E-state index in [1.54, 1.807) is 0 Å². The Labute approximate surface area is 56.1 Å². The Balaban J connectivity index is -0.0000000600.